The molecule has 21 nitrogen and oxygen atoms in total. The van der Waals surface area contributed by atoms with Gasteiger partial charge in [0, 0.05) is 80.2 Å². The number of fused-ring (bicyclic) bond motifs is 4. The largest absolute Gasteiger partial charge is 0.497 e. The number of nitrogens with two attached hydrogens (primary N) is 1. The minimum absolute atomic E-state index is 0.0418. The highest BCUT2D eigenvalue weighted by atomic mass is 16.5. The molecule has 4 aromatic carbocycles. The number of benzene rings is 4. The number of nitrogens with zero attached hydrogens (tertiary/aromatic N) is 4. The van der Waals surface area contributed by atoms with Crippen molar-refractivity contribution >= 4 is 76.1 Å². The van der Waals surface area contributed by atoms with Gasteiger partial charge in [-0.2, -0.15) is 0 Å². The number of unbranched alkanes of at least 4 members (excludes halogenated alkanes) is 4. The van der Waals surface area contributed by atoms with E-state index in [1.807, 2.05) is 79.0 Å². The molecular formula is C67H81N9O12. The van der Waals surface area contributed by atoms with Gasteiger partial charge in [0.2, 0.25) is 29.5 Å². The second-order valence-electron chi connectivity index (χ2n) is 23.6. The van der Waals surface area contributed by atoms with Crippen LogP contribution in [0.15, 0.2) is 90.2 Å². The summed E-state index contributed by atoms with van der Waals surface area (Å²) in [6, 6.07) is 19.6. The number of urea groups is 1. The summed E-state index contributed by atoms with van der Waals surface area (Å²) in [5, 5.41) is 11.1. The van der Waals surface area contributed by atoms with Crippen LogP contribution in [0.3, 0.4) is 0 Å². The Labute approximate surface area is 513 Å². The zero-order chi connectivity index (χ0) is 62.6. The predicted octanol–water partition coefficient (Wildman–Crippen LogP) is 8.78. The molecule has 5 aliphatic rings. The van der Waals surface area contributed by atoms with Gasteiger partial charge in [0.1, 0.15) is 23.6 Å². The van der Waals surface area contributed by atoms with Crippen molar-refractivity contribution < 1.29 is 57.3 Å². The van der Waals surface area contributed by atoms with Crippen molar-refractivity contribution in [2.75, 3.05) is 45.8 Å². The van der Waals surface area contributed by atoms with E-state index < -0.39 is 29.9 Å². The number of carbonyl (C=O) groups excluding carboxylic acids is 8. The lowest BCUT2D eigenvalue weighted by atomic mass is 9.96. The van der Waals surface area contributed by atoms with Crippen LogP contribution in [-0.2, 0) is 30.4 Å². The Balaban J connectivity index is 0.731. The first-order valence-corrected chi connectivity index (χ1v) is 30.6. The summed E-state index contributed by atoms with van der Waals surface area (Å²) in [4.78, 5) is 114. The Bertz CT molecular complexity index is 3380. The molecule has 1 fully saturated rings. The quantitative estimate of drug-likeness (QED) is 0.0264. The lowest BCUT2D eigenvalue weighted by Gasteiger charge is -2.25. The summed E-state index contributed by atoms with van der Waals surface area (Å²) < 4.78 is 23.5. The van der Waals surface area contributed by atoms with Gasteiger partial charge in [-0.05, 0) is 153 Å². The number of nitrogens with one attached hydrogen (secondary N) is 4. The molecule has 5 heterocycles. The highest BCUT2D eigenvalue weighted by molar-refractivity contribution is 6.06. The highest BCUT2D eigenvalue weighted by Crippen LogP contribution is 2.41. The Morgan fingerprint density at radius 2 is 1.40 bits per heavy atom. The van der Waals surface area contributed by atoms with Crippen LogP contribution < -0.4 is 45.9 Å². The summed E-state index contributed by atoms with van der Waals surface area (Å²) in [5.41, 5.74) is 13.2. The van der Waals surface area contributed by atoms with E-state index in [1.165, 1.54) is 4.90 Å². The number of anilines is 1. The van der Waals surface area contributed by atoms with Crippen LogP contribution in [0.25, 0.3) is 11.1 Å². The lowest BCUT2D eigenvalue weighted by Crippen LogP contribution is -2.54. The number of hydrogen-bond donors (Lipinski definition) is 5. The maximum atomic E-state index is 14.2. The van der Waals surface area contributed by atoms with Crippen LogP contribution >= 0.6 is 0 Å². The third kappa shape index (κ3) is 15.4. The average Bonchev–Trinajstić information content (AvgIpc) is 1.98. The first-order chi connectivity index (χ1) is 42.4. The van der Waals surface area contributed by atoms with Gasteiger partial charge in [0.25, 0.3) is 11.8 Å². The van der Waals surface area contributed by atoms with Gasteiger partial charge in [-0.3, -0.25) is 43.5 Å². The third-order valence-electron chi connectivity index (χ3n) is 16.9. The Morgan fingerprint density at radius 3 is 2.08 bits per heavy atom. The van der Waals surface area contributed by atoms with Crippen LogP contribution in [0, 0.1) is 18.8 Å². The molecule has 6 N–H and O–H groups in total. The number of rotatable bonds is 28. The fraction of sp³-hybridized carbons (Fsp3) is 0.448. The molecule has 3 unspecified atom stereocenters. The number of aryl methyl sites for hydroxylation is 2. The lowest BCUT2D eigenvalue weighted by molar-refractivity contribution is -0.139. The number of imide groups is 1. The van der Waals surface area contributed by atoms with Gasteiger partial charge in [0.05, 0.1) is 44.7 Å². The fourth-order valence-corrected chi connectivity index (χ4v) is 11.9. The normalized spacial score (nSPS) is 18.3. The minimum atomic E-state index is -1.02. The van der Waals surface area contributed by atoms with E-state index in [1.54, 1.807) is 64.2 Å². The standard InChI is InChI=1S/C67H81N9O12/c1-40(2)61(73-59(77)15-9-7-10-27-74-60(78)31-42(4)64(74)81)63(80)72-54(14-13-26-69-67(68)84)62(79)71-48-21-16-43(17-22-48)46-32-49-23-18-45-34-56(41(3)30-52(45)65(82)75(49)38-46)87-28-11-8-12-29-88-58-36-55-53(35-57(58)86-6)66(83)76-39-47(33-50(76)37-70-55)44-19-24-51(85-5)25-20-44/h16-17,19-22,24-25,30,34-40,42,49-50,54,61H,7-15,18,23,26-29,31-33H2,1-6H3,(H,71,79)(H,72,80)(H,73,77)(H3,68,69,84)/t42?,49-,50+,54?,61?/m1/s1. The van der Waals surface area contributed by atoms with E-state index in [0.29, 0.717) is 98.7 Å². The summed E-state index contributed by atoms with van der Waals surface area (Å²) in [6.07, 6.45) is 13.3. The zero-order valence-corrected chi connectivity index (χ0v) is 51.1. The van der Waals surface area contributed by atoms with E-state index in [2.05, 4.69) is 21.3 Å². The fourth-order valence-electron chi connectivity index (χ4n) is 11.9. The van der Waals surface area contributed by atoms with E-state index in [9.17, 15) is 38.4 Å². The van der Waals surface area contributed by atoms with Crippen LogP contribution in [0.2, 0.25) is 0 Å². The van der Waals surface area contributed by atoms with Crippen LogP contribution in [-0.4, -0.2) is 133 Å². The molecule has 88 heavy (non-hydrogen) atoms. The van der Waals surface area contributed by atoms with Crippen molar-refractivity contribution in [3.63, 3.8) is 0 Å². The zero-order valence-electron chi connectivity index (χ0n) is 51.1. The van der Waals surface area contributed by atoms with Gasteiger partial charge in [-0.1, -0.05) is 51.5 Å². The second-order valence-corrected chi connectivity index (χ2v) is 23.6. The molecule has 5 aliphatic heterocycles. The molecule has 0 aliphatic carbocycles. The first kappa shape index (κ1) is 63.5. The van der Waals surface area contributed by atoms with Crippen molar-refractivity contribution in [2.24, 2.45) is 22.6 Å². The topological polar surface area (TPSA) is 270 Å². The van der Waals surface area contributed by atoms with Crippen molar-refractivity contribution in [1.82, 2.24) is 30.7 Å². The minimum Gasteiger partial charge on any atom is -0.497 e. The SMILES string of the molecule is COc1ccc(C2=CN3C(=O)c4cc(OC)c(OCCCCCOc5cc6c(cc5C)C(=O)N5C=C(c7ccc(NC(=O)C(CCCNC(N)=O)NC(=O)C(NC(=O)CCCCCN8C(=O)CC(C)C8=O)C(C)C)cc7)C[C@H]5CC6)cc4N=C[C@@H]3C2)cc1. The Hall–Kier alpha value is -9.01. The first-order valence-electron chi connectivity index (χ1n) is 30.6. The molecule has 0 radical (unpaired) electrons. The summed E-state index contributed by atoms with van der Waals surface area (Å²) in [6.45, 7) is 8.70. The highest BCUT2D eigenvalue weighted by Gasteiger charge is 2.38. The van der Waals surface area contributed by atoms with Gasteiger partial charge < -0.3 is 55.7 Å². The second kappa shape index (κ2) is 29.1. The number of methoxy groups -OCH3 is 2. The third-order valence-corrected chi connectivity index (χ3v) is 16.9. The van der Waals surface area contributed by atoms with E-state index in [0.717, 1.165) is 70.6 Å². The monoisotopic (exact) mass is 1200 g/mol. The van der Waals surface area contributed by atoms with Crippen LogP contribution in [0.1, 0.15) is 147 Å². The van der Waals surface area contributed by atoms with E-state index >= 15 is 0 Å². The average molecular weight is 1200 g/mol. The summed E-state index contributed by atoms with van der Waals surface area (Å²) in [7, 11) is 3.19. The molecule has 5 atom stereocenters. The number of ether oxygens (including phenoxy) is 4. The molecule has 0 spiro atoms. The van der Waals surface area contributed by atoms with E-state index in [-0.39, 0.29) is 79.3 Å². The van der Waals surface area contributed by atoms with Crippen LogP contribution in [0.5, 0.6) is 23.0 Å². The summed E-state index contributed by atoms with van der Waals surface area (Å²) >= 11 is 0. The van der Waals surface area contributed by atoms with Gasteiger partial charge in [0.15, 0.2) is 11.5 Å². The van der Waals surface area contributed by atoms with Gasteiger partial charge in [-0.15, -0.1) is 0 Å². The summed E-state index contributed by atoms with van der Waals surface area (Å²) in [5.74, 6) is -0.0291. The molecule has 21 heteroatoms. The molecule has 0 aromatic heterocycles. The molecule has 9 rings (SSSR count). The van der Waals surface area contributed by atoms with Crippen molar-refractivity contribution in [2.45, 2.75) is 142 Å². The van der Waals surface area contributed by atoms with Crippen molar-refractivity contribution in [1.29, 1.82) is 0 Å². The van der Waals surface area contributed by atoms with Crippen molar-refractivity contribution in [3.8, 4) is 23.0 Å². The number of likely N-dealkylation sites (tertiary alicyclic amines) is 1. The van der Waals surface area contributed by atoms with Gasteiger partial charge >= 0.3 is 6.03 Å². The molecule has 0 bridgehead atoms. The molecular weight excluding hydrogens is 1120 g/mol. The smallest absolute Gasteiger partial charge is 0.312 e. The number of amides is 9. The van der Waals surface area contributed by atoms with Crippen LogP contribution in [0.4, 0.5) is 16.2 Å². The molecule has 0 saturated carbocycles. The molecule has 4 aromatic rings. The number of hydrogen-bond acceptors (Lipinski definition) is 13. The number of primary amides is 1. The van der Waals surface area contributed by atoms with Gasteiger partial charge in [-0.25, -0.2) is 4.79 Å². The Morgan fingerprint density at radius 1 is 0.716 bits per heavy atom. The molecule has 9 amide bonds. The maximum absolute atomic E-state index is 14.2. The van der Waals surface area contributed by atoms with Crippen molar-refractivity contribution in [3.05, 3.63) is 119 Å². The maximum Gasteiger partial charge on any atom is 0.312 e. The molecule has 1 saturated heterocycles. The molecule has 466 valence electrons. The van der Waals surface area contributed by atoms with E-state index in [4.69, 9.17) is 29.7 Å². The predicted molar refractivity (Wildman–Crippen MR) is 333 cm³/mol. The Kier molecular flexibility index (Phi) is 21.0. The number of carbonyl (C=O) groups is 8. The number of aliphatic imine (C=N–C) groups is 1.